The van der Waals surface area contributed by atoms with Crippen molar-refractivity contribution in [3.63, 3.8) is 0 Å². The third-order valence-electron chi connectivity index (χ3n) is 4.10. The quantitative estimate of drug-likeness (QED) is 0.300. The molecule has 1 saturated heterocycles. The average molecular weight is 419 g/mol. The summed E-state index contributed by atoms with van der Waals surface area (Å²) in [5.41, 5.74) is 4.56. The van der Waals surface area contributed by atoms with Gasteiger partial charge in [0.1, 0.15) is 5.69 Å². The van der Waals surface area contributed by atoms with E-state index in [1.165, 1.54) is 23.6 Å². The molecule has 0 radical (unpaired) electrons. The normalized spacial score (nSPS) is 14.2. The summed E-state index contributed by atoms with van der Waals surface area (Å²) in [6, 6.07) is 4.99. The van der Waals surface area contributed by atoms with E-state index in [2.05, 4.69) is 15.5 Å². The minimum atomic E-state index is -0.391. The van der Waals surface area contributed by atoms with Crippen molar-refractivity contribution in [2.75, 3.05) is 43.2 Å². The van der Waals surface area contributed by atoms with E-state index in [0.29, 0.717) is 55.0 Å². The second-order valence-corrected chi connectivity index (χ2v) is 6.96. The highest BCUT2D eigenvalue weighted by Crippen LogP contribution is 2.29. The van der Waals surface area contributed by atoms with Crippen molar-refractivity contribution >= 4 is 40.0 Å². The summed E-state index contributed by atoms with van der Waals surface area (Å²) in [5.74, 6) is -0.333. The van der Waals surface area contributed by atoms with Crippen LogP contribution in [0.1, 0.15) is 18.2 Å². The van der Waals surface area contributed by atoms with Gasteiger partial charge >= 0.3 is 5.97 Å². The number of aromatic nitrogens is 1. The van der Waals surface area contributed by atoms with Crippen LogP contribution < -0.4 is 10.3 Å². The first kappa shape index (κ1) is 20.7. The molecule has 1 N–H and O–H groups in total. The summed E-state index contributed by atoms with van der Waals surface area (Å²) < 4.78 is 10.2. The molecule has 1 aliphatic rings. The van der Waals surface area contributed by atoms with E-state index in [4.69, 9.17) is 9.47 Å². The molecule has 1 aromatic carbocycles. The van der Waals surface area contributed by atoms with E-state index < -0.39 is 4.92 Å². The molecule has 1 fully saturated rings. The number of hydrogen-bond acceptors (Lipinski definition) is 10. The van der Waals surface area contributed by atoms with Gasteiger partial charge in [-0.3, -0.25) is 20.3 Å². The van der Waals surface area contributed by atoms with Gasteiger partial charge in [0.15, 0.2) is 0 Å². The van der Waals surface area contributed by atoms with Crippen LogP contribution in [0, 0.1) is 10.1 Å². The van der Waals surface area contributed by atoms with E-state index >= 15 is 0 Å². The molecule has 0 atom stereocenters. The smallest absolute Gasteiger partial charge is 0.311 e. The minimum absolute atomic E-state index is 0.0295. The lowest BCUT2D eigenvalue weighted by Gasteiger charge is -2.28. The van der Waals surface area contributed by atoms with Crippen molar-refractivity contribution in [2.24, 2.45) is 5.10 Å². The average Bonchev–Trinajstić information content (AvgIpc) is 3.15. The molecule has 1 aromatic heterocycles. The second-order valence-electron chi connectivity index (χ2n) is 6.10. The fourth-order valence-corrected chi connectivity index (χ4v) is 3.46. The summed E-state index contributed by atoms with van der Waals surface area (Å²) in [5, 5.41) is 17.8. The molecule has 0 aliphatic carbocycles. The predicted molar refractivity (Wildman–Crippen MR) is 110 cm³/mol. The Balaban J connectivity index is 1.64. The summed E-state index contributed by atoms with van der Waals surface area (Å²) in [7, 11) is 0. The molecule has 2 aromatic rings. The van der Waals surface area contributed by atoms with Gasteiger partial charge in [0.25, 0.3) is 5.69 Å². The molecule has 0 saturated carbocycles. The van der Waals surface area contributed by atoms with Crippen molar-refractivity contribution in [1.82, 2.24) is 4.98 Å². The van der Waals surface area contributed by atoms with Gasteiger partial charge in [0.2, 0.25) is 5.13 Å². The first-order chi connectivity index (χ1) is 14.1. The van der Waals surface area contributed by atoms with Gasteiger partial charge in [-0.15, -0.1) is 11.3 Å². The van der Waals surface area contributed by atoms with E-state index in [9.17, 15) is 14.9 Å². The number of benzene rings is 1. The number of carbonyl (C=O) groups is 1. The van der Waals surface area contributed by atoms with E-state index in [-0.39, 0.29) is 18.1 Å². The number of nitro groups is 1. The zero-order chi connectivity index (χ0) is 20.6. The number of ether oxygens (including phenoxy) is 2. The SMILES string of the molecule is CCOC(=O)Cc1csc(NN=Cc2ccc(N3CCOCC3)c([N+](=O)[O-])c2)n1. The van der Waals surface area contributed by atoms with Crippen LogP contribution >= 0.6 is 11.3 Å². The standard InChI is InChI=1S/C18H21N5O5S/c1-2-28-17(24)10-14-12-29-18(20-14)21-19-11-13-3-4-15(16(9-13)23(25)26)22-5-7-27-8-6-22/h3-4,9,11-12H,2,5-8,10H2,1H3,(H,20,21). The first-order valence-corrected chi connectivity index (χ1v) is 9.95. The van der Waals surface area contributed by atoms with Crippen molar-refractivity contribution in [2.45, 2.75) is 13.3 Å². The Kier molecular flexibility index (Phi) is 7.09. The molecule has 0 bridgehead atoms. The van der Waals surface area contributed by atoms with Crippen LogP contribution in [-0.4, -0.2) is 55.0 Å². The molecular weight excluding hydrogens is 398 g/mol. The minimum Gasteiger partial charge on any atom is -0.466 e. The van der Waals surface area contributed by atoms with Crippen LogP contribution in [-0.2, 0) is 20.7 Å². The van der Waals surface area contributed by atoms with Gasteiger partial charge < -0.3 is 14.4 Å². The Morgan fingerprint density at radius 1 is 1.48 bits per heavy atom. The van der Waals surface area contributed by atoms with Crippen molar-refractivity contribution in [3.8, 4) is 0 Å². The third-order valence-corrected chi connectivity index (χ3v) is 4.90. The Labute approximate surface area is 171 Å². The third kappa shape index (κ3) is 5.72. The second kappa shape index (κ2) is 9.94. The number of morpholine rings is 1. The van der Waals surface area contributed by atoms with Crippen molar-refractivity contribution in [3.05, 3.63) is 45.0 Å². The van der Waals surface area contributed by atoms with Gasteiger partial charge in [-0.25, -0.2) is 4.98 Å². The maximum atomic E-state index is 11.5. The van der Waals surface area contributed by atoms with Crippen LogP contribution in [0.3, 0.4) is 0 Å². The molecule has 0 unspecified atom stereocenters. The molecule has 0 amide bonds. The van der Waals surface area contributed by atoms with Crippen LogP contribution in [0.5, 0.6) is 0 Å². The number of esters is 1. The Morgan fingerprint density at radius 2 is 2.28 bits per heavy atom. The van der Waals surface area contributed by atoms with Crippen LogP contribution in [0.25, 0.3) is 0 Å². The molecule has 3 rings (SSSR count). The Bertz CT molecular complexity index is 895. The van der Waals surface area contributed by atoms with Crippen LogP contribution in [0.2, 0.25) is 0 Å². The topological polar surface area (TPSA) is 119 Å². The Hall–Kier alpha value is -3.05. The van der Waals surface area contributed by atoms with Gasteiger partial charge in [-0.05, 0) is 13.0 Å². The number of nitrogens with one attached hydrogen (secondary N) is 1. The molecule has 11 heteroatoms. The zero-order valence-electron chi connectivity index (χ0n) is 15.9. The number of nitro benzene ring substituents is 1. The summed E-state index contributed by atoms with van der Waals surface area (Å²) in [4.78, 5) is 28.8. The molecule has 10 nitrogen and oxygen atoms in total. The molecular formula is C18H21N5O5S. The number of hydrazone groups is 1. The first-order valence-electron chi connectivity index (χ1n) is 9.07. The number of carbonyl (C=O) groups excluding carboxylic acids is 1. The fourth-order valence-electron chi connectivity index (χ4n) is 2.80. The van der Waals surface area contributed by atoms with Crippen molar-refractivity contribution < 1.29 is 19.2 Å². The fraction of sp³-hybridized carbons (Fsp3) is 0.389. The highest BCUT2D eigenvalue weighted by Gasteiger charge is 2.21. The molecule has 2 heterocycles. The summed E-state index contributed by atoms with van der Waals surface area (Å²) >= 11 is 1.30. The lowest BCUT2D eigenvalue weighted by molar-refractivity contribution is -0.384. The van der Waals surface area contributed by atoms with Crippen LogP contribution in [0.15, 0.2) is 28.7 Å². The largest absolute Gasteiger partial charge is 0.466 e. The number of nitrogens with zero attached hydrogens (tertiary/aromatic N) is 4. The molecule has 154 valence electrons. The highest BCUT2D eigenvalue weighted by atomic mass is 32.1. The van der Waals surface area contributed by atoms with Crippen molar-refractivity contribution in [1.29, 1.82) is 0 Å². The van der Waals surface area contributed by atoms with Gasteiger partial charge in [0, 0.05) is 30.1 Å². The van der Waals surface area contributed by atoms with Gasteiger partial charge in [-0.2, -0.15) is 5.10 Å². The number of anilines is 2. The number of rotatable bonds is 8. The molecule has 0 spiro atoms. The van der Waals surface area contributed by atoms with E-state index in [1.807, 2.05) is 4.90 Å². The number of thiazole rings is 1. The van der Waals surface area contributed by atoms with Gasteiger partial charge in [-0.1, -0.05) is 6.07 Å². The Morgan fingerprint density at radius 3 is 3.00 bits per heavy atom. The van der Waals surface area contributed by atoms with E-state index in [1.54, 1.807) is 24.4 Å². The lowest BCUT2D eigenvalue weighted by atomic mass is 10.1. The predicted octanol–water partition coefficient (Wildman–Crippen LogP) is 2.44. The molecule has 1 aliphatic heterocycles. The lowest BCUT2D eigenvalue weighted by Crippen LogP contribution is -2.36. The number of hydrogen-bond donors (Lipinski definition) is 1. The summed E-state index contributed by atoms with van der Waals surface area (Å²) in [6.07, 6.45) is 1.59. The van der Waals surface area contributed by atoms with Gasteiger partial charge in [0.05, 0.1) is 43.1 Å². The van der Waals surface area contributed by atoms with E-state index in [0.717, 1.165) is 0 Å². The summed E-state index contributed by atoms with van der Waals surface area (Å²) in [6.45, 7) is 4.42. The molecule has 29 heavy (non-hydrogen) atoms. The highest BCUT2D eigenvalue weighted by molar-refractivity contribution is 7.13. The maximum absolute atomic E-state index is 11.5. The monoisotopic (exact) mass is 419 g/mol. The van der Waals surface area contributed by atoms with Crippen LogP contribution in [0.4, 0.5) is 16.5 Å². The maximum Gasteiger partial charge on any atom is 0.311 e. The zero-order valence-corrected chi connectivity index (χ0v) is 16.7.